The van der Waals surface area contributed by atoms with Crippen molar-refractivity contribution in [3.63, 3.8) is 0 Å². The second kappa shape index (κ2) is 13.1. The van der Waals surface area contributed by atoms with E-state index in [1.165, 1.54) is 19.2 Å². The van der Waals surface area contributed by atoms with Crippen LogP contribution in [-0.4, -0.2) is 53.8 Å². The molecule has 1 aromatic heterocycles. The van der Waals surface area contributed by atoms with E-state index in [0.717, 1.165) is 16.8 Å². The summed E-state index contributed by atoms with van der Waals surface area (Å²) in [5.41, 5.74) is 4.40. The van der Waals surface area contributed by atoms with E-state index in [-0.39, 0.29) is 23.9 Å². The van der Waals surface area contributed by atoms with E-state index >= 15 is 0 Å². The van der Waals surface area contributed by atoms with Gasteiger partial charge in [-0.2, -0.15) is 0 Å². The fourth-order valence-electron chi connectivity index (χ4n) is 4.27. The summed E-state index contributed by atoms with van der Waals surface area (Å²) in [6.07, 6.45) is 1.65. The minimum Gasteiger partial charge on any atom is -0.496 e. The molecule has 0 aliphatic heterocycles. The maximum Gasteiger partial charge on any atom is 0.335 e. The smallest absolute Gasteiger partial charge is 0.335 e. The predicted molar refractivity (Wildman–Crippen MR) is 146 cm³/mol. The average molecular weight is 521 g/mol. The summed E-state index contributed by atoms with van der Waals surface area (Å²) in [6.45, 7) is 8.81. The number of aromatic nitrogens is 1. The monoisotopic (exact) mass is 520 g/mol. The number of aromatic carboxylic acids is 1. The van der Waals surface area contributed by atoms with Gasteiger partial charge in [0.25, 0.3) is 0 Å². The summed E-state index contributed by atoms with van der Waals surface area (Å²) in [5, 5.41) is 19.0. The van der Waals surface area contributed by atoms with Crippen LogP contribution in [0.1, 0.15) is 52.5 Å². The number of Topliss-reactive ketones (excluding diaryl/α,β-unsaturated/α-hetero) is 1. The van der Waals surface area contributed by atoms with E-state index in [2.05, 4.69) is 29.8 Å². The summed E-state index contributed by atoms with van der Waals surface area (Å²) >= 11 is 0. The molecule has 38 heavy (non-hydrogen) atoms. The van der Waals surface area contributed by atoms with Crippen molar-refractivity contribution >= 4 is 17.4 Å². The quantitative estimate of drug-likeness (QED) is 0.331. The molecular formula is C30H36N2O6. The highest BCUT2D eigenvalue weighted by molar-refractivity contribution is 5.88. The Labute approximate surface area is 223 Å². The Kier molecular flexibility index (Phi) is 9.85. The van der Waals surface area contributed by atoms with Gasteiger partial charge in [-0.3, -0.25) is 9.78 Å². The molecule has 3 rings (SSSR count). The number of carbonyl (C=O) groups is 2. The van der Waals surface area contributed by atoms with E-state index in [1.54, 1.807) is 24.4 Å². The van der Waals surface area contributed by atoms with Crippen molar-refractivity contribution in [1.82, 2.24) is 4.98 Å². The van der Waals surface area contributed by atoms with Crippen molar-refractivity contribution in [2.45, 2.75) is 40.2 Å². The number of methoxy groups -OCH3 is 1. The van der Waals surface area contributed by atoms with Crippen LogP contribution >= 0.6 is 0 Å². The zero-order valence-electron chi connectivity index (χ0n) is 22.6. The maximum atomic E-state index is 12.8. The molecule has 2 N–H and O–H groups in total. The second-order valence-electron chi connectivity index (χ2n) is 9.76. The van der Waals surface area contributed by atoms with E-state index in [1.807, 2.05) is 26.0 Å². The van der Waals surface area contributed by atoms with Gasteiger partial charge in [0.05, 0.1) is 30.0 Å². The molecule has 0 radical (unpaired) electrons. The number of ether oxygens (including phenoxy) is 2. The van der Waals surface area contributed by atoms with Gasteiger partial charge < -0.3 is 24.6 Å². The SMILES string of the molecule is COc1cc(C(=O)O)ccc1COc1cc(C)c(C)cc1N(CC(C)C)CC(C(=O)CO)c1ccccn1. The van der Waals surface area contributed by atoms with Crippen molar-refractivity contribution in [3.05, 3.63) is 82.7 Å². The molecule has 0 aliphatic rings. The van der Waals surface area contributed by atoms with Gasteiger partial charge in [-0.1, -0.05) is 26.0 Å². The zero-order valence-corrected chi connectivity index (χ0v) is 22.6. The maximum absolute atomic E-state index is 12.8. The van der Waals surface area contributed by atoms with Gasteiger partial charge in [0.1, 0.15) is 24.7 Å². The third-order valence-corrected chi connectivity index (χ3v) is 6.41. The normalized spacial score (nSPS) is 11.8. The summed E-state index contributed by atoms with van der Waals surface area (Å²) in [5.74, 6) is -0.601. The molecule has 1 atom stereocenters. The fourth-order valence-corrected chi connectivity index (χ4v) is 4.27. The van der Waals surface area contributed by atoms with Gasteiger partial charge in [0.15, 0.2) is 5.78 Å². The number of carbonyl (C=O) groups excluding carboxylic acids is 1. The molecule has 1 heterocycles. The number of anilines is 1. The van der Waals surface area contributed by atoms with Crippen molar-refractivity contribution in [3.8, 4) is 11.5 Å². The topological polar surface area (TPSA) is 109 Å². The molecule has 8 heteroatoms. The first-order chi connectivity index (χ1) is 18.1. The van der Waals surface area contributed by atoms with Crippen LogP contribution in [0.15, 0.2) is 54.7 Å². The van der Waals surface area contributed by atoms with Gasteiger partial charge in [0, 0.05) is 24.8 Å². The van der Waals surface area contributed by atoms with Crippen LogP contribution in [-0.2, 0) is 11.4 Å². The van der Waals surface area contributed by atoms with Crippen molar-refractivity contribution in [2.24, 2.45) is 5.92 Å². The predicted octanol–water partition coefficient (Wildman–Crippen LogP) is 4.79. The number of aliphatic hydroxyl groups excluding tert-OH is 1. The minimum atomic E-state index is -1.03. The standard InChI is InChI=1S/C30H36N2O6/c1-19(2)15-32(16-24(27(34)17-33)25-8-6-7-11-31-25)26-12-20(3)21(4)13-29(26)38-18-23-10-9-22(30(35)36)14-28(23)37-5/h6-14,19,24,33H,15-18H2,1-5H3,(H,35,36). The highest BCUT2D eigenvalue weighted by Gasteiger charge is 2.26. The van der Waals surface area contributed by atoms with Crippen LogP contribution in [0.2, 0.25) is 0 Å². The molecule has 3 aromatic rings. The van der Waals surface area contributed by atoms with Crippen LogP contribution in [0.3, 0.4) is 0 Å². The number of nitrogens with zero attached hydrogens (tertiary/aromatic N) is 2. The van der Waals surface area contributed by atoms with Crippen LogP contribution in [0.4, 0.5) is 5.69 Å². The molecule has 0 aliphatic carbocycles. The lowest BCUT2D eigenvalue weighted by Gasteiger charge is -2.32. The molecule has 0 saturated heterocycles. The van der Waals surface area contributed by atoms with Gasteiger partial charge >= 0.3 is 5.97 Å². The van der Waals surface area contributed by atoms with Gasteiger partial charge in [-0.15, -0.1) is 0 Å². The number of aryl methyl sites for hydroxylation is 2. The number of hydrogen-bond acceptors (Lipinski definition) is 7. The van der Waals surface area contributed by atoms with Crippen LogP contribution < -0.4 is 14.4 Å². The zero-order chi connectivity index (χ0) is 27.8. The highest BCUT2D eigenvalue weighted by atomic mass is 16.5. The Morgan fingerprint density at radius 3 is 2.34 bits per heavy atom. The van der Waals surface area contributed by atoms with E-state index < -0.39 is 18.5 Å². The van der Waals surface area contributed by atoms with Crippen LogP contribution in [0.25, 0.3) is 0 Å². The number of aliphatic hydroxyl groups is 1. The molecule has 0 bridgehead atoms. The second-order valence-corrected chi connectivity index (χ2v) is 9.76. The molecule has 8 nitrogen and oxygen atoms in total. The molecule has 0 saturated carbocycles. The lowest BCUT2D eigenvalue weighted by Crippen LogP contribution is -2.36. The van der Waals surface area contributed by atoms with Crippen molar-refractivity contribution in [1.29, 1.82) is 0 Å². The molecule has 0 spiro atoms. The fraction of sp³-hybridized carbons (Fsp3) is 0.367. The summed E-state index contributed by atoms with van der Waals surface area (Å²) in [4.78, 5) is 30.7. The number of ketones is 1. The Morgan fingerprint density at radius 2 is 1.74 bits per heavy atom. The lowest BCUT2D eigenvalue weighted by molar-refractivity contribution is -0.123. The number of hydrogen-bond donors (Lipinski definition) is 2. The molecular weight excluding hydrogens is 484 g/mol. The Hall–Kier alpha value is -3.91. The Morgan fingerprint density at radius 1 is 1.00 bits per heavy atom. The minimum absolute atomic E-state index is 0.134. The molecule has 202 valence electrons. The van der Waals surface area contributed by atoms with Gasteiger partial charge in [0.2, 0.25) is 0 Å². The first-order valence-electron chi connectivity index (χ1n) is 12.6. The Bertz CT molecular complexity index is 1260. The number of benzene rings is 2. The van der Waals surface area contributed by atoms with E-state index in [4.69, 9.17) is 9.47 Å². The average Bonchev–Trinajstić information content (AvgIpc) is 2.91. The lowest BCUT2D eigenvalue weighted by atomic mass is 9.97. The van der Waals surface area contributed by atoms with E-state index in [9.17, 15) is 19.8 Å². The van der Waals surface area contributed by atoms with Gasteiger partial charge in [-0.05, 0) is 67.3 Å². The van der Waals surface area contributed by atoms with Gasteiger partial charge in [-0.25, -0.2) is 4.79 Å². The van der Waals surface area contributed by atoms with Crippen LogP contribution in [0, 0.1) is 19.8 Å². The molecule has 0 fully saturated rings. The molecule has 0 amide bonds. The van der Waals surface area contributed by atoms with Crippen LogP contribution in [0.5, 0.6) is 11.5 Å². The summed E-state index contributed by atoms with van der Waals surface area (Å²) in [7, 11) is 1.49. The van der Waals surface area contributed by atoms with Crippen molar-refractivity contribution in [2.75, 3.05) is 31.7 Å². The Balaban J connectivity index is 2.00. The third kappa shape index (κ3) is 7.10. The number of rotatable bonds is 13. The largest absolute Gasteiger partial charge is 0.496 e. The number of carboxylic acid groups (broad SMARTS) is 1. The number of carboxylic acids is 1. The third-order valence-electron chi connectivity index (χ3n) is 6.41. The highest BCUT2D eigenvalue weighted by Crippen LogP contribution is 2.35. The summed E-state index contributed by atoms with van der Waals surface area (Å²) in [6, 6.07) is 14.1. The van der Waals surface area contributed by atoms with E-state index in [0.29, 0.717) is 35.8 Å². The molecule has 1 unspecified atom stereocenters. The number of pyridine rings is 1. The molecule has 2 aromatic carbocycles. The first-order valence-corrected chi connectivity index (χ1v) is 12.6. The first kappa shape index (κ1) is 28.7. The van der Waals surface area contributed by atoms with Crippen molar-refractivity contribution < 1.29 is 29.3 Å². The summed E-state index contributed by atoms with van der Waals surface area (Å²) < 4.78 is 11.7.